The van der Waals surface area contributed by atoms with Crippen LogP contribution in [0.5, 0.6) is 0 Å². The summed E-state index contributed by atoms with van der Waals surface area (Å²) in [6.07, 6.45) is 3.77. The van der Waals surface area contributed by atoms with Crippen LogP contribution in [-0.2, 0) is 11.8 Å². The summed E-state index contributed by atoms with van der Waals surface area (Å²) in [5, 5.41) is 0. The van der Waals surface area contributed by atoms with E-state index in [4.69, 9.17) is 0 Å². The molecule has 0 radical (unpaired) electrons. The van der Waals surface area contributed by atoms with Crippen LogP contribution in [0, 0.1) is 5.92 Å². The minimum Gasteiger partial charge on any atom is -0.0622 e. The smallest absolute Gasteiger partial charge is 0.00641 e. The van der Waals surface area contributed by atoms with Crippen LogP contribution in [0.3, 0.4) is 0 Å². The van der Waals surface area contributed by atoms with Gasteiger partial charge < -0.3 is 0 Å². The van der Waals surface area contributed by atoms with Crippen molar-refractivity contribution in [1.82, 2.24) is 0 Å². The molecule has 110 valence electrons. The highest BCUT2D eigenvalue weighted by atomic mass is 14.4. The van der Waals surface area contributed by atoms with Crippen molar-refractivity contribution in [2.75, 3.05) is 0 Å². The molecular weight excluding hydrogens is 252 g/mol. The lowest BCUT2D eigenvalue weighted by Gasteiger charge is -2.29. The molecule has 3 unspecified atom stereocenters. The highest BCUT2D eigenvalue weighted by Gasteiger charge is 2.38. The van der Waals surface area contributed by atoms with Gasteiger partial charge >= 0.3 is 0 Å². The molecule has 0 bridgehead atoms. The van der Waals surface area contributed by atoms with Crippen LogP contribution in [0.4, 0.5) is 0 Å². The van der Waals surface area contributed by atoms with Crippen LogP contribution in [-0.4, -0.2) is 0 Å². The van der Waals surface area contributed by atoms with Crippen molar-refractivity contribution in [3.63, 3.8) is 0 Å². The quantitative estimate of drug-likeness (QED) is 0.671. The van der Waals surface area contributed by atoms with E-state index < -0.39 is 0 Å². The second-order valence-electron chi connectivity index (χ2n) is 7.25. The first-order valence-electron chi connectivity index (χ1n) is 8.22. The number of fused-ring (bicyclic) bond motifs is 1. The summed E-state index contributed by atoms with van der Waals surface area (Å²) in [7, 11) is 0. The largest absolute Gasteiger partial charge is 0.0622 e. The molecule has 0 spiro atoms. The fourth-order valence-corrected chi connectivity index (χ4v) is 4.42. The van der Waals surface area contributed by atoms with E-state index in [-0.39, 0.29) is 0 Å². The summed E-state index contributed by atoms with van der Waals surface area (Å²) < 4.78 is 0. The van der Waals surface area contributed by atoms with Gasteiger partial charge in [0.15, 0.2) is 0 Å². The first-order chi connectivity index (χ1) is 10.1. The molecule has 0 amide bonds. The number of hydrogen-bond acceptors (Lipinski definition) is 0. The molecule has 3 rings (SSSR count). The Morgan fingerprint density at radius 3 is 2.48 bits per heavy atom. The van der Waals surface area contributed by atoms with E-state index in [2.05, 4.69) is 75.4 Å². The van der Waals surface area contributed by atoms with Gasteiger partial charge in [-0.15, -0.1) is 0 Å². The number of hydrogen-bond donors (Lipinski definition) is 0. The van der Waals surface area contributed by atoms with Gasteiger partial charge in [0.1, 0.15) is 0 Å². The van der Waals surface area contributed by atoms with E-state index in [1.165, 1.54) is 24.8 Å². The van der Waals surface area contributed by atoms with Crippen LogP contribution in [0.25, 0.3) is 0 Å². The zero-order valence-corrected chi connectivity index (χ0v) is 13.5. The maximum Gasteiger partial charge on any atom is -0.00641 e. The van der Waals surface area contributed by atoms with Crippen molar-refractivity contribution in [2.45, 2.75) is 51.4 Å². The van der Waals surface area contributed by atoms with Crippen LogP contribution in [0.2, 0.25) is 0 Å². The Balaban J connectivity index is 1.75. The van der Waals surface area contributed by atoms with Crippen molar-refractivity contribution in [3.05, 3.63) is 71.3 Å². The average molecular weight is 278 g/mol. The number of rotatable bonds is 4. The highest BCUT2D eigenvalue weighted by Crippen LogP contribution is 2.49. The molecule has 3 atom stereocenters. The molecule has 0 saturated heterocycles. The predicted molar refractivity (Wildman–Crippen MR) is 90.8 cm³/mol. The third kappa shape index (κ3) is 2.90. The van der Waals surface area contributed by atoms with Crippen LogP contribution >= 0.6 is 0 Å². The molecular formula is C21H26. The van der Waals surface area contributed by atoms with E-state index in [1.807, 2.05) is 0 Å². The van der Waals surface area contributed by atoms with Gasteiger partial charge in [-0.25, -0.2) is 0 Å². The lowest BCUT2D eigenvalue weighted by atomic mass is 9.75. The van der Waals surface area contributed by atoms with Gasteiger partial charge in [0, 0.05) is 0 Å². The van der Waals surface area contributed by atoms with E-state index in [0.29, 0.717) is 11.3 Å². The van der Waals surface area contributed by atoms with Gasteiger partial charge in [-0.2, -0.15) is 0 Å². The van der Waals surface area contributed by atoms with E-state index >= 15 is 0 Å². The number of benzene rings is 2. The second-order valence-corrected chi connectivity index (χ2v) is 7.25. The summed E-state index contributed by atoms with van der Waals surface area (Å²) in [6, 6.07) is 20.0. The van der Waals surface area contributed by atoms with Crippen molar-refractivity contribution >= 4 is 0 Å². The van der Waals surface area contributed by atoms with Gasteiger partial charge in [-0.3, -0.25) is 0 Å². The zero-order valence-electron chi connectivity index (χ0n) is 13.5. The topological polar surface area (TPSA) is 0 Å². The standard InChI is InChI=1S/C21H26/c1-16(13-18-9-5-4-6-10-18)14-21(3)15-17(2)19-11-7-8-12-20(19)21/h4-12,16-17H,13-15H2,1-3H3. The summed E-state index contributed by atoms with van der Waals surface area (Å²) in [5.74, 6) is 1.42. The van der Waals surface area contributed by atoms with Crippen LogP contribution in [0.1, 0.15) is 56.2 Å². The fraction of sp³-hybridized carbons (Fsp3) is 0.429. The Hall–Kier alpha value is -1.56. The average Bonchev–Trinajstić information content (AvgIpc) is 2.72. The Kier molecular flexibility index (Phi) is 3.89. The van der Waals surface area contributed by atoms with Crippen LogP contribution in [0.15, 0.2) is 54.6 Å². The molecule has 0 heterocycles. The Labute approximate surface area is 129 Å². The minimum absolute atomic E-state index is 0.351. The van der Waals surface area contributed by atoms with Crippen molar-refractivity contribution in [1.29, 1.82) is 0 Å². The van der Waals surface area contributed by atoms with Crippen molar-refractivity contribution in [2.24, 2.45) is 5.92 Å². The van der Waals surface area contributed by atoms with E-state index in [9.17, 15) is 0 Å². The molecule has 1 aliphatic rings. The van der Waals surface area contributed by atoms with Gasteiger partial charge in [-0.1, -0.05) is 75.4 Å². The first kappa shape index (κ1) is 14.4. The van der Waals surface area contributed by atoms with Gasteiger partial charge in [0.25, 0.3) is 0 Å². The Morgan fingerprint density at radius 2 is 1.71 bits per heavy atom. The Bertz CT molecular complexity index is 598. The molecule has 0 nitrogen and oxygen atoms in total. The van der Waals surface area contributed by atoms with Crippen molar-refractivity contribution in [3.8, 4) is 0 Å². The molecule has 0 fully saturated rings. The SMILES string of the molecule is CC(Cc1ccccc1)CC1(C)CC(C)c2ccccc21. The van der Waals surface area contributed by atoms with Crippen LogP contribution < -0.4 is 0 Å². The molecule has 21 heavy (non-hydrogen) atoms. The first-order valence-corrected chi connectivity index (χ1v) is 8.22. The third-order valence-electron chi connectivity index (χ3n) is 5.12. The highest BCUT2D eigenvalue weighted by molar-refractivity contribution is 5.41. The Morgan fingerprint density at radius 1 is 1.05 bits per heavy atom. The summed E-state index contributed by atoms with van der Waals surface area (Å²) in [6.45, 7) is 7.26. The molecule has 1 aliphatic carbocycles. The summed E-state index contributed by atoms with van der Waals surface area (Å²) >= 11 is 0. The molecule has 2 aromatic carbocycles. The fourth-order valence-electron chi connectivity index (χ4n) is 4.42. The molecule has 0 heteroatoms. The molecule has 0 aliphatic heterocycles. The molecule has 2 aromatic rings. The second kappa shape index (κ2) is 5.67. The summed E-state index contributed by atoms with van der Waals surface area (Å²) in [5.41, 5.74) is 4.99. The molecule has 0 aromatic heterocycles. The maximum atomic E-state index is 2.47. The zero-order chi connectivity index (χ0) is 14.9. The predicted octanol–water partition coefficient (Wildman–Crippen LogP) is 5.72. The van der Waals surface area contributed by atoms with Gasteiger partial charge in [0.2, 0.25) is 0 Å². The van der Waals surface area contributed by atoms with E-state index in [0.717, 1.165) is 5.92 Å². The van der Waals surface area contributed by atoms with Gasteiger partial charge in [-0.05, 0) is 53.2 Å². The van der Waals surface area contributed by atoms with Gasteiger partial charge in [0.05, 0.1) is 0 Å². The minimum atomic E-state index is 0.351. The van der Waals surface area contributed by atoms with Crippen molar-refractivity contribution < 1.29 is 0 Å². The monoisotopic (exact) mass is 278 g/mol. The lowest BCUT2D eigenvalue weighted by molar-refractivity contribution is 0.338. The molecule has 0 N–H and O–H groups in total. The lowest BCUT2D eigenvalue weighted by Crippen LogP contribution is -2.22. The molecule has 0 saturated carbocycles. The normalized spacial score (nSPS) is 25.6. The third-order valence-corrected chi connectivity index (χ3v) is 5.12. The maximum absolute atomic E-state index is 2.47. The summed E-state index contributed by atoms with van der Waals surface area (Å²) in [4.78, 5) is 0. The van der Waals surface area contributed by atoms with E-state index in [1.54, 1.807) is 11.1 Å².